The average molecular weight is 283 g/mol. The summed E-state index contributed by atoms with van der Waals surface area (Å²) in [6.45, 7) is 4.06. The molecule has 0 saturated heterocycles. The van der Waals surface area contributed by atoms with E-state index in [2.05, 4.69) is 34.1 Å². The van der Waals surface area contributed by atoms with Gasteiger partial charge < -0.3 is 15.4 Å². The first-order valence-electron chi connectivity index (χ1n) is 7.44. The average Bonchev–Trinajstić information content (AvgIpc) is 2.54. The molecule has 1 aromatic carbocycles. The van der Waals surface area contributed by atoms with E-state index in [9.17, 15) is 0 Å². The van der Waals surface area contributed by atoms with Crippen molar-refractivity contribution in [1.82, 2.24) is 4.98 Å². The lowest BCUT2D eigenvalue weighted by Crippen LogP contribution is -2.45. The zero-order chi connectivity index (χ0) is 14.7. The minimum Gasteiger partial charge on any atom is -0.490 e. The molecule has 1 aromatic heterocycles. The summed E-state index contributed by atoms with van der Waals surface area (Å²) in [5.74, 6) is 1.72. The van der Waals surface area contributed by atoms with E-state index < -0.39 is 0 Å². The number of benzene rings is 1. The van der Waals surface area contributed by atoms with Crippen LogP contribution in [0.1, 0.15) is 18.1 Å². The lowest BCUT2D eigenvalue weighted by molar-refractivity contribution is 0.337. The number of hydrogen-bond donors (Lipinski definition) is 1. The van der Waals surface area contributed by atoms with Gasteiger partial charge in [0.05, 0.1) is 6.61 Å². The molecule has 1 aliphatic rings. The normalized spacial score (nSPS) is 17.4. The Kier molecular flexibility index (Phi) is 4.06. The van der Waals surface area contributed by atoms with Crippen LogP contribution in [-0.4, -0.2) is 24.2 Å². The van der Waals surface area contributed by atoms with Crippen molar-refractivity contribution in [2.45, 2.75) is 25.9 Å². The summed E-state index contributed by atoms with van der Waals surface area (Å²) in [5, 5.41) is 0. The molecule has 0 aliphatic carbocycles. The van der Waals surface area contributed by atoms with Gasteiger partial charge in [-0.25, -0.2) is 4.98 Å². The number of aromatic nitrogens is 1. The first kappa shape index (κ1) is 13.9. The van der Waals surface area contributed by atoms with Gasteiger partial charge in [-0.2, -0.15) is 0 Å². The van der Waals surface area contributed by atoms with Crippen molar-refractivity contribution in [3.63, 3.8) is 0 Å². The zero-order valence-corrected chi connectivity index (χ0v) is 12.3. The molecule has 1 aliphatic heterocycles. The zero-order valence-electron chi connectivity index (χ0n) is 12.3. The molecule has 4 nitrogen and oxygen atoms in total. The molecule has 0 spiro atoms. The van der Waals surface area contributed by atoms with Crippen LogP contribution < -0.4 is 15.4 Å². The van der Waals surface area contributed by atoms with Crippen LogP contribution in [-0.2, 0) is 13.0 Å². The molecule has 2 heterocycles. The molecule has 1 atom stereocenters. The molecule has 21 heavy (non-hydrogen) atoms. The Morgan fingerprint density at radius 2 is 2.05 bits per heavy atom. The van der Waals surface area contributed by atoms with E-state index in [0.29, 0.717) is 13.2 Å². The maximum atomic E-state index is 6.00. The largest absolute Gasteiger partial charge is 0.490 e. The van der Waals surface area contributed by atoms with E-state index in [-0.39, 0.29) is 6.04 Å². The number of ether oxygens (including phenoxy) is 1. The van der Waals surface area contributed by atoms with Gasteiger partial charge in [-0.1, -0.05) is 24.3 Å². The van der Waals surface area contributed by atoms with E-state index >= 15 is 0 Å². The van der Waals surface area contributed by atoms with E-state index in [1.54, 1.807) is 0 Å². The van der Waals surface area contributed by atoms with Crippen molar-refractivity contribution >= 4 is 5.82 Å². The van der Waals surface area contributed by atoms with Crippen molar-refractivity contribution in [2.75, 3.05) is 18.1 Å². The lowest BCUT2D eigenvalue weighted by atomic mass is 9.94. The molecule has 2 aromatic rings. The van der Waals surface area contributed by atoms with Crippen LogP contribution in [0.15, 0.2) is 42.6 Å². The summed E-state index contributed by atoms with van der Waals surface area (Å²) in [6, 6.07) is 12.7. The van der Waals surface area contributed by atoms with Crippen LogP contribution >= 0.6 is 0 Å². The number of nitrogens with zero attached hydrogens (tertiary/aromatic N) is 2. The summed E-state index contributed by atoms with van der Waals surface area (Å²) >= 11 is 0. The Morgan fingerprint density at radius 3 is 2.81 bits per heavy atom. The summed E-state index contributed by atoms with van der Waals surface area (Å²) < 4.78 is 5.73. The molecule has 1 unspecified atom stereocenters. The standard InChI is InChI=1S/C17H21N3O/c1-2-21-16-8-5-9-19-17(16)20-12-14-7-4-3-6-13(14)10-15(20)11-18/h3-9,15H,2,10-12,18H2,1H3. The summed E-state index contributed by atoms with van der Waals surface area (Å²) in [7, 11) is 0. The third-order valence-corrected chi connectivity index (χ3v) is 3.95. The number of pyridine rings is 1. The van der Waals surface area contributed by atoms with E-state index in [1.165, 1.54) is 11.1 Å². The van der Waals surface area contributed by atoms with Gasteiger partial charge in [0.1, 0.15) is 0 Å². The van der Waals surface area contributed by atoms with Crippen LogP contribution in [0.25, 0.3) is 0 Å². The number of nitrogens with two attached hydrogens (primary N) is 1. The van der Waals surface area contributed by atoms with E-state index in [4.69, 9.17) is 10.5 Å². The number of anilines is 1. The van der Waals surface area contributed by atoms with Crippen molar-refractivity contribution in [1.29, 1.82) is 0 Å². The quantitative estimate of drug-likeness (QED) is 0.936. The second kappa shape index (κ2) is 6.14. The summed E-state index contributed by atoms with van der Waals surface area (Å²) in [6.07, 6.45) is 2.76. The smallest absolute Gasteiger partial charge is 0.171 e. The Bertz CT molecular complexity index is 614. The molecule has 0 fully saturated rings. The van der Waals surface area contributed by atoms with Crippen molar-refractivity contribution in [3.8, 4) is 5.75 Å². The Hall–Kier alpha value is -2.07. The highest BCUT2D eigenvalue weighted by Gasteiger charge is 2.27. The Morgan fingerprint density at radius 1 is 1.24 bits per heavy atom. The SMILES string of the molecule is CCOc1cccnc1N1Cc2ccccc2CC1CN. The van der Waals surface area contributed by atoms with Gasteiger partial charge in [-0.15, -0.1) is 0 Å². The Labute approximate surface area is 125 Å². The van der Waals surface area contributed by atoms with Gasteiger partial charge >= 0.3 is 0 Å². The minimum absolute atomic E-state index is 0.258. The number of fused-ring (bicyclic) bond motifs is 1. The van der Waals surface area contributed by atoms with Gasteiger partial charge in [-0.3, -0.25) is 0 Å². The van der Waals surface area contributed by atoms with Crippen LogP contribution in [0.3, 0.4) is 0 Å². The van der Waals surface area contributed by atoms with Crippen molar-refractivity contribution in [3.05, 3.63) is 53.7 Å². The van der Waals surface area contributed by atoms with Crippen molar-refractivity contribution in [2.24, 2.45) is 5.73 Å². The molecular formula is C17H21N3O. The molecule has 3 rings (SSSR count). The van der Waals surface area contributed by atoms with Crippen LogP contribution in [0.4, 0.5) is 5.82 Å². The highest BCUT2D eigenvalue weighted by Crippen LogP contribution is 2.32. The van der Waals surface area contributed by atoms with E-state index in [0.717, 1.165) is 24.5 Å². The minimum atomic E-state index is 0.258. The highest BCUT2D eigenvalue weighted by molar-refractivity contribution is 5.55. The van der Waals surface area contributed by atoms with Gasteiger partial charge in [0, 0.05) is 25.3 Å². The van der Waals surface area contributed by atoms with Gasteiger partial charge in [0.25, 0.3) is 0 Å². The molecule has 0 amide bonds. The second-order valence-corrected chi connectivity index (χ2v) is 5.25. The summed E-state index contributed by atoms with van der Waals surface area (Å²) in [4.78, 5) is 6.81. The maximum Gasteiger partial charge on any atom is 0.171 e. The van der Waals surface area contributed by atoms with Gasteiger partial charge in [0.2, 0.25) is 0 Å². The first-order valence-corrected chi connectivity index (χ1v) is 7.44. The fourth-order valence-electron chi connectivity index (χ4n) is 2.91. The Balaban J connectivity index is 1.98. The lowest BCUT2D eigenvalue weighted by Gasteiger charge is -2.37. The van der Waals surface area contributed by atoms with Crippen LogP contribution in [0.2, 0.25) is 0 Å². The molecule has 110 valence electrons. The summed E-state index contributed by atoms with van der Waals surface area (Å²) in [5.41, 5.74) is 8.73. The molecule has 0 bridgehead atoms. The third-order valence-electron chi connectivity index (χ3n) is 3.95. The molecule has 2 N–H and O–H groups in total. The molecule has 4 heteroatoms. The molecular weight excluding hydrogens is 262 g/mol. The number of hydrogen-bond acceptors (Lipinski definition) is 4. The number of rotatable bonds is 4. The van der Waals surface area contributed by atoms with Crippen LogP contribution in [0, 0.1) is 0 Å². The van der Waals surface area contributed by atoms with E-state index in [1.807, 2.05) is 25.3 Å². The fourth-order valence-corrected chi connectivity index (χ4v) is 2.91. The van der Waals surface area contributed by atoms with Crippen molar-refractivity contribution < 1.29 is 4.74 Å². The predicted molar refractivity (Wildman–Crippen MR) is 84.6 cm³/mol. The van der Waals surface area contributed by atoms with Crippen LogP contribution in [0.5, 0.6) is 5.75 Å². The topological polar surface area (TPSA) is 51.4 Å². The molecule has 0 radical (unpaired) electrons. The fraction of sp³-hybridized carbons (Fsp3) is 0.353. The monoisotopic (exact) mass is 283 g/mol. The first-order chi connectivity index (χ1) is 10.3. The van der Waals surface area contributed by atoms with Gasteiger partial charge in [-0.05, 0) is 36.6 Å². The third kappa shape index (κ3) is 2.72. The highest BCUT2D eigenvalue weighted by atomic mass is 16.5. The predicted octanol–water partition coefficient (Wildman–Crippen LogP) is 2.37. The maximum absolute atomic E-state index is 6.00. The molecule has 0 saturated carbocycles. The second-order valence-electron chi connectivity index (χ2n) is 5.25. The van der Waals surface area contributed by atoms with Gasteiger partial charge in [0.15, 0.2) is 11.6 Å².